The van der Waals surface area contributed by atoms with Gasteiger partial charge in [0, 0.05) is 0 Å². The Kier molecular flexibility index (Phi) is 19.0. The largest absolute Gasteiger partial charge is 0.481 e. The molecule has 0 radical (unpaired) electrons. The van der Waals surface area contributed by atoms with E-state index in [2.05, 4.69) is 37.2 Å². The normalized spacial score (nSPS) is 15.8. The van der Waals surface area contributed by atoms with E-state index in [0.29, 0.717) is 0 Å². The van der Waals surface area contributed by atoms with Gasteiger partial charge in [-0.3, -0.25) is 47.9 Å². The molecule has 0 saturated carbocycles. The summed E-state index contributed by atoms with van der Waals surface area (Å²) >= 11 is 0. The van der Waals surface area contributed by atoms with E-state index in [9.17, 15) is 52.7 Å². The van der Waals surface area contributed by atoms with Gasteiger partial charge in [0.2, 0.25) is 47.3 Å². The number of carbonyl (C=O) groups excluding carboxylic acids is 8. The van der Waals surface area contributed by atoms with Crippen LogP contribution in [-0.4, -0.2) is 135 Å². The molecule has 0 bridgehead atoms. The van der Waals surface area contributed by atoms with Crippen molar-refractivity contribution in [2.75, 3.05) is 0 Å². The molecule has 0 heterocycles. The molecule has 0 saturated heterocycles. The van der Waals surface area contributed by atoms with Gasteiger partial charge in [0.1, 0.15) is 48.3 Å². The van der Waals surface area contributed by atoms with Gasteiger partial charge in [-0.25, -0.2) is 4.79 Å². The van der Waals surface area contributed by atoms with Crippen molar-refractivity contribution in [3.63, 3.8) is 0 Å². The van der Waals surface area contributed by atoms with Gasteiger partial charge in [0.25, 0.3) is 0 Å². The Hall–Kier alpha value is -5.87. The standard InChI is InChI=1S/C29H47N9O14/c1-10(31-22(44)11(2)33-24(46)13(4)35-26(48)15(6)37-28(50)17(30)8-19(39)40)21(43)32-12(3)23(45)34-14(5)25(47)36-16(7)27(49)38-18(29(51)52)9-20(41)42/h10-18H,8-9,30H2,1-7H3,(H,31,44)(H,32,43)(H,33,46)(H,34,45)(H,35,48)(H,36,47)(H,37,50)(H,38,49)(H,39,40)(H,41,42)(H,51,52)/t10-,11-,12-,13-,14-,15-,16-,17-,18-/m0/s1. The third-order valence-corrected chi connectivity index (χ3v) is 6.99. The third-order valence-electron chi connectivity index (χ3n) is 6.99. The van der Waals surface area contributed by atoms with Gasteiger partial charge in [-0.05, 0) is 48.5 Å². The van der Waals surface area contributed by atoms with Crippen molar-refractivity contribution in [2.24, 2.45) is 5.73 Å². The zero-order chi connectivity index (χ0) is 40.6. The number of carboxylic acids is 3. The van der Waals surface area contributed by atoms with Crippen molar-refractivity contribution in [1.29, 1.82) is 0 Å². The Balaban J connectivity index is 4.89. The van der Waals surface area contributed by atoms with Gasteiger partial charge in [-0.15, -0.1) is 0 Å². The quantitative estimate of drug-likeness (QED) is 0.0521. The molecule has 9 atom stereocenters. The highest BCUT2D eigenvalue weighted by Gasteiger charge is 2.30. The minimum absolute atomic E-state index is 0.668. The summed E-state index contributed by atoms with van der Waals surface area (Å²) in [6, 6.07) is -11.8. The molecule has 52 heavy (non-hydrogen) atoms. The molecular formula is C29H47N9O14. The molecule has 0 unspecified atom stereocenters. The highest BCUT2D eigenvalue weighted by molar-refractivity contribution is 5.97. The molecule has 0 aromatic heterocycles. The molecule has 0 rings (SSSR count). The van der Waals surface area contributed by atoms with Crippen LogP contribution in [0.3, 0.4) is 0 Å². The van der Waals surface area contributed by atoms with E-state index in [1.54, 1.807) is 0 Å². The fourth-order valence-electron chi connectivity index (χ4n) is 3.76. The number of carbonyl (C=O) groups is 11. The van der Waals surface area contributed by atoms with E-state index in [-0.39, 0.29) is 0 Å². The van der Waals surface area contributed by atoms with Gasteiger partial charge >= 0.3 is 17.9 Å². The Labute approximate surface area is 297 Å². The molecule has 292 valence electrons. The molecule has 8 amide bonds. The van der Waals surface area contributed by atoms with E-state index >= 15 is 0 Å². The molecular weight excluding hydrogens is 698 g/mol. The van der Waals surface area contributed by atoms with E-state index in [1.165, 1.54) is 48.5 Å². The van der Waals surface area contributed by atoms with Crippen LogP contribution in [0.15, 0.2) is 0 Å². The molecule has 0 aromatic carbocycles. The average Bonchev–Trinajstić information content (AvgIpc) is 3.02. The summed E-state index contributed by atoms with van der Waals surface area (Å²) < 4.78 is 0. The number of amides is 8. The number of carboxylic acid groups (broad SMARTS) is 3. The SMILES string of the molecule is C[C@H](NC(=O)[C@H](C)NC(=O)[C@H](C)NC(=O)[C@H](C)NC(=O)[C@@H](N)CC(=O)O)C(=O)N[C@@H](C)C(=O)N[C@@H](C)C(=O)N[C@@H](C)C(=O)N[C@@H](CC(=O)O)C(=O)O. The first kappa shape index (κ1) is 46.1. The smallest absolute Gasteiger partial charge is 0.326 e. The van der Waals surface area contributed by atoms with Gasteiger partial charge in [0.15, 0.2) is 0 Å². The Morgan fingerprint density at radius 1 is 0.385 bits per heavy atom. The van der Waals surface area contributed by atoms with Crippen molar-refractivity contribution in [2.45, 2.75) is 116 Å². The molecule has 13 N–H and O–H groups in total. The summed E-state index contributed by atoms with van der Waals surface area (Å²) in [4.78, 5) is 132. The number of rotatable bonds is 21. The van der Waals surface area contributed by atoms with E-state index < -0.39 is 132 Å². The van der Waals surface area contributed by atoms with E-state index in [1.807, 2.05) is 5.32 Å². The lowest BCUT2D eigenvalue weighted by molar-refractivity contribution is -0.147. The zero-order valence-corrected chi connectivity index (χ0v) is 29.5. The van der Waals surface area contributed by atoms with Crippen molar-refractivity contribution in [3.05, 3.63) is 0 Å². The first-order valence-electron chi connectivity index (χ1n) is 15.7. The van der Waals surface area contributed by atoms with Crippen molar-refractivity contribution >= 4 is 65.2 Å². The maximum Gasteiger partial charge on any atom is 0.326 e. The Bertz CT molecular complexity index is 1410. The lowest BCUT2D eigenvalue weighted by Gasteiger charge is -2.23. The summed E-state index contributed by atoms with van der Waals surface area (Å²) in [5, 5.41) is 44.6. The zero-order valence-electron chi connectivity index (χ0n) is 29.5. The van der Waals surface area contributed by atoms with Crippen molar-refractivity contribution < 1.29 is 68.1 Å². The summed E-state index contributed by atoms with van der Waals surface area (Å²) in [6.07, 6.45) is -1.57. The minimum Gasteiger partial charge on any atom is -0.481 e. The molecule has 0 aliphatic carbocycles. The highest BCUT2D eigenvalue weighted by Crippen LogP contribution is 1.98. The Morgan fingerprint density at radius 2 is 0.596 bits per heavy atom. The van der Waals surface area contributed by atoms with Crippen LogP contribution in [0, 0.1) is 0 Å². The predicted octanol–water partition coefficient (Wildman–Crippen LogP) is -5.63. The number of hydrogen-bond donors (Lipinski definition) is 12. The predicted molar refractivity (Wildman–Crippen MR) is 175 cm³/mol. The van der Waals surface area contributed by atoms with Gasteiger partial charge < -0.3 is 63.6 Å². The monoisotopic (exact) mass is 745 g/mol. The maximum absolute atomic E-state index is 12.6. The maximum atomic E-state index is 12.6. The molecule has 0 spiro atoms. The van der Waals surface area contributed by atoms with Gasteiger partial charge in [0.05, 0.1) is 18.9 Å². The number of aliphatic carboxylic acids is 3. The van der Waals surface area contributed by atoms with Gasteiger partial charge in [-0.2, -0.15) is 0 Å². The second kappa shape index (κ2) is 21.4. The third kappa shape index (κ3) is 16.7. The summed E-state index contributed by atoms with van der Waals surface area (Å²) in [6.45, 7) is 8.84. The Morgan fingerprint density at radius 3 is 0.808 bits per heavy atom. The van der Waals surface area contributed by atoms with E-state index in [0.717, 1.165) is 0 Å². The molecule has 0 fully saturated rings. The van der Waals surface area contributed by atoms with Crippen LogP contribution in [0.25, 0.3) is 0 Å². The van der Waals surface area contributed by atoms with Crippen LogP contribution in [0.2, 0.25) is 0 Å². The highest BCUT2D eigenvalue weighted by atomic mass is 16.4. The average molecular weight is 746 g/mol. The van der Waals surface area contributed by atoms with Crippen molar-refractivity contribution in [1.82, 2.24) is 42.5 Å². The number of nitrogens with one attached hydrogen (secondary N) is 8. The fourth-order valence-corrected chi connectivity index (χ4v) is 3.76. The second-order valence-electron chi connectivity index (χ2n) is 11.8. The van der Waals surface area contributed by atoms with Crippen LogP contribution in [0.5, 0.6) is 0 Å². The van der Waals surface area contributed by atoms with Crippen LogP contribution in [0.4, 0.5) is 0 Å². The first-order valence-corrected chi connectivity index (χ1v) is 15.7. The first-order chi connectivity index (χ1) is 23.9. The van der Waals surface area contributed by atoms with Crippen LogP contribution < -0.4 is 48.3 Å². The molecule has 0 aromatic rings. The molecule has 23 heteroatoms. The lowest BCUT2D eigenvalue weighted by atomic mass is 10.2. The lowest BCUT2D eigenvalue weighted by Crippen LogP contribution is -2.58. The van der Waals surface area contributed by atoms with Crippen molar-refractivity contribution in [3.8, 4) is 0 Å². The number of hydrogen-bond acceptors (Lipinski definition) is 12. The van der Waals surface area contributed by atoms with E-state index in [4.69, 9.17) is 21.1 Å². The summed E-state index contributed by atoms with van der Waals surface area (Å²) in [5.74, 6) is -11.3. The van der Waals surface area contributed by atoms with Crippen LogP contribution in [-0.2, 0) is 52.7 Å². The summed E-state index contributed by atoms with van der Waals surface area (Å²) in [7, 11) is 0. The molecule has 0 aliphatic rings. The molecule has 23 nitrogen and oxygen atoms in total. The minimum atomic E-state index is -1.75. The topological polar surface area (TPSA) is 371 Å². The second-order valence-corrected chi connectivity index (χ2v) is 11.8. The molecule has 0 aliphatic heterocycles. The summed E-state index contributed by atoms with van der Waals surface area (Å²) in [5.41, 5.74) is 5.45. The van der Waals surface area contributed by atoms with Crippen LogP contribution >= 0.6 is 0 Å². The van der Waals surface area contributed by atoms with Gasteiger partial charge in [-0.1, -0.05) is 0 Å². The van der Waals surface area contributed by atoms with Crippen LogP contribution in [0.1, 0.15) is 61.3 Å². The fraction of sp³-hybridized carbons (Fsp3) is 0.621. The number of nitrogens with two attached hydrogens (primary N) is 1.